The van der Waals surface area contributed by atoms with E-state index in [1.54, 1.807) is 5.54 Å². The Balaban J connectivity index is 2.44. The average Bonchev–Trinajstić information content (AvgIpc) is 2.27. The lowest BCUT2D eigenvalue weighted by molar-refractivity contribution is 0.283. The van der Waals surface area contributed by atoms with Crippen LogP contribution in [0.1, 0.15) is 12.5 Å². The Bertz CT molecular complexity index is 295. The van der Waals surface area contributed by atoms with Crippen molar-refractivity contribution in [2.45, 2.75) is 19.4 Å². The van der Waals surface area contributed by atoms with Crippen LogP contribution in [0.4, 0.5) is 0 Å². The van der Waals surface area contributed by atoms with Crippen molar-refractivity contribution in [2.24, 2.45) is 0 Å². The minimum absolute atomic E-state index is 0.528. The molecule has 0 saturated heterocycles. The zero-order chi connectivity index (χ0) is 11.1. The second-order valence-electron chi connectivity index (χ2n) is 3.84. The molecule has 0 radical (unpaired) electrons. The minimum Gasteiger partial charge on any atom is -0.300 e. The van der Waals surface area contributed by atoms with E-state index >= 15 is 0 Å². The molecule has 1 atom stereocenters. The van der Waals surface area contributed by atoms with Gasteiger partial charge >= 0.3 is 0 Å². The number of rotatable bonds is 5. The molecule has 1 rings (SSSR count). The summed E-state index contributed by atoms with van der Waals surface area (Å²) in [6, 6.07) is 11.1. The Morgan fingerprint density at radius 3 is 2.60 bits per heavy atom. The number of hydrogen-bond donors (Lipinski definition) is 0. The Morgan fingerprint density at radius 2 is 2.00 bits per heavy atom. The fourth-order valence-electron chi connectivity index (χ4n) is 1.50. The van der Waals surface area contributed by atoms with E-state index in [9.17, 15) is 0 Å². The van der Waals surface area contributed by atoms with Crippen molar-refractivity contribution in [1.82, 2.24) is 4.90 Å². The van der Waals surface area contributed by atoms with E-state index in [4.69, 9.17) is 11.6 Å². The minimum atomic E-state index is 0.528. The van der Waals surface area contributed by atoms with Crippen LogP contribution in [0.15, 0.2) is 41.9 Å². The van der Waals surface area contributed by atoms with E-state index in [2.05, 4.69) is 43.1 Å². The van der Waals surface area contributed by atoms with Gasteiger partial charge in [0.25, 0.3) is 0 Å². The molecule has 0 heterocycles. The summed E-state index contributed by atoms with van der Waals surface area (Å²) in [6.45, 7) is 3.13. The molecule has 82 valence electrons. The molecular formula is C13H18ClN. The summed E-state index contributed by atoms with van der Waals surface area (Å²) in [6.07, 6.45) is 3.04. The summed E-state index contributed by atoms with van der Waals surface area (Å²) in [5.41, 5.74) is 2.96. The van der Waals surface area contributed by atoms with Crippen molar-refractivity contribution in [2.75, 3.05) is 13.6 Å². The molecule has 0 aromatic heterocycles. The van der Waals surface area contributed by atoms with Crippen molar-refractivity contribution in [3.05, 3.63) is 47.5 Å². The number of hydrogen-bond acceptors (Lipinski definition) is 1. The number of halogens is 1. The first-order chi connectivity index (χ1) is 7.24. The van der Waals surface area contributed by atoms with E-state index < -0.39 is 0 Å². The maximum Gasteiger partial charge on any atom is 0.0174 e. The van der Waals surface area contributed by atoms with E-state index in [1.807, 2.05) is 12.1 Å². The molecule has 0 aliphatic carbocycles. The summed E-state index contributed by atoms with van der Waals surface area (Å²) in [7, 11) is 2.12. The van der Waals surface area contributed by atoms with Gasteiger partial charge in [0.1, 0.15) is 0 Å². The molecule has 1 aromatic carbocycles. The Labute approximate surface area is 97.4 Å². The summed E-state index contributed by atoms with van der Waals surface area (Å²) in [5.74, 6) is 0. The molecule has 1 nitrogen and oxygen atoms in total. The molecule has 0 unspecified atom stereocenters. The molecule has 1 aromatic rings. The summed E-state index contributed by atoms with van der Waals surface area (Å²) < 4.78 is 0. The molecule has 0 amide bonds. The van der Waals surface area contributed by atoms with Crippen LogP contribution >= 0.6 is 11.6 Å². The molecule has 0 saturated carbocycles. The van der Waals surface area contributed by atoms with Gasteiger partial charge in [-0.25, -0.2) is 0 Å². The Kier molecular flexibility index (Phi) is 5.44. The molecule has 15 heavy (non-hydrogen) atoms. The number of likely N-dealkylation sites (N-methyl/N-ethyl adjacent to an activating group) is 1. The highest BCUT2D eigenvalue weighted by Crippen LogP contribution is 2.07. The van der Waals surface area contributed by atoms with Crippen LogP contribution < -0.4 is 0 Å². The van der Waals surface area contributed by atoms with Crippen LogP contribution in [0.5, 0.6) is 0 Å². The maximum atomic E-state index is 5.50. The molecule has 2 heteroatoms. The molecule has 0 N–H and O–H groups in total. The largest absolute Gasteiger partial charge is 0.300 e. The summed E-state index contributed by atoms with van der Waals surface area (Å²) >= 11 is 5.50. The highest BCUT2D eigenvalue weighted by atomic mass is 35.5. The lowest BCUT2D eigenvalue weighted by Gasteiger charge is -2.23. The fourth-order valence-corrected chi connectivity index (χ4v) is 1.58. The normalized spacial score (nSPS) is 13.6. The third-order valence-corrected chi connectivity index (χ3v) is 2.79. The van der Waals surface area contributed by atoms with Gasteiger partial charge in [0.2, 0.25) is 0 Å². The van der Waals surface area contributed by atoms with Crippen molar-refractivity contribution in [3.8, 4) is 0 Å². The first-order valence-corrected chi connectivity index (χ1v) is 5.67. The van der Waals surface area contributed by atoms with Crippen LogP contribution in [0, 0.1) is 0 Å². The lowest BCUT2D eigenvalue weighted by Crippen LogP contribution is -2.30. The monoisotopic (exact) mass is 223 g/mol. The highest BCUT2D eigenvalue weighted by Gasteiger charge is 2.07. The van der Waals surface area contributed by atoms with Gasteiger partial charge in [-0.3, -0.25) is 4.90 Å². The fraction of sp³-hybridized carbons (Fsp3) is 0.385. The predicted octanol–water partition coefficient (Wildman–Crippen LogP) is 3.30. The first kappa shape index (κ1) is 12.3. The van der Waals surface area contributed by atoms with Gasteiger partial charge < -0.3 is 0 Å². The van der Waals surface area contributed by atoms with Crippen LogP contribution in [0.3, 0.4) is 0 Å². The smallest absolute Gasteiger partial charge is 0.0174 e. The predicted molar refractivity (Wildman–Crippen MR) is 67.2 cm³/mol. The molecule has 0 spiro atoms. The highest BCUT2D eigenvalue weighted by molar-refractivity contribution is 6.25. The van der Waals surface area contributed by atoms with Crippen molar-refractivity contribution in [1.29, 1.82) is 0 Å². The lowest BCUT2D eigenvalue weighted by atomic mass is 10.1. The third kappa shape index (κ3) is 4.50. The van der Waals surface area contributed by atoms with Gasteiger partial charge in [-0.1, -0.05) is 48.0 Å². The summed E-state index contributed by atoms with van der Waals surface area (Å²) in [4.78, 5) is 2.28. The van der Waals surface area contributed by atoms with Crippen molar-refractivity contribution >= 4 is 11.6 Å². The van der Waals surface area contributed by atoms with E-state index in [0.717, 1.165) is 13.0 Å². The zero-order valence-electron chi connectivity index (χ0n) is 9.36. The SMILES string of the molecule is C[C@@H](Cc1ccccc1)N(C)C/C=C/Cl. The second kappa shape index (κ2) is 6.65. The quantitative estimate of drug-likeness (QED) is 0.741. The van der Waals surface area contributed by atoms with Gasteiger partial charge in [-0.05, 0) is 26.0 Å². The van der Waals surface area contributed by atoms with Gasteiger partial charge in [-0.15, -0.1) is 0 Å². The van der Waals surface area contributed by atoms with Crippen molar-refractivity contribution in [3.63, 3.8) is 0 Å². The van der Waals surface area contributed by atoms with Gasteiger partial charge in [0.15, 0.2) is 0 Å². The van der Waals surface area contributed by atoms with Gasteiger partial charge in [0, 0.05) is 18.1 Å². The van der Waals surface area contributed by atoms with E-state index in [1.165, 1.54) is 5.56 Å². The molecule has 0 fully saturated rings. The van der Waals surface area contributed by atoms with E-state index in [-0.39, 0.29) is 0 Å². The second-order valence-corrected chi connectivity index (χ2v) is 4.09. The number of nitrogens with zero attached hydrogens (tertiary/aromatic N) is 1. The van der Waals surface area contributed by atoms with Crippen LogP contribution in [-0.4, -0.2) is 24.5 Å². The average molecular weight is 224 g/mol. The number of benzene rings is 1. The van der Waals surface area contributed by atoms with Gasteiger partial charge in [0.05, 0.1) is 0 Å². The molecule has 0 aliphatic rings. The molecular weight excluding hydrogens is 206 g/mol. The Morgan fingerprint density at radius 1 is 1.33 bits per heavy atom. The van der Waals surface area contributed by atoms with Crippen LogP contribution in [0.25, 0.3) is 0 Å². The summed E-state index contributed by atoms with van der Waals surface area (Å²) in [5, 5.41) is 0. The zero-order valence-corrected chi connectivity index (χ0v) is 10.1. The Hall–Kier alpha value is -0.790. The van der Waals surface area contributed by atoms with Crippen molar-refractivity contribution < 1.29 is 0 Å². The van der Waals surface area contributed by atoms with Crippen LogP contribution in [0.2, 0.25) is 0 Å². The third-order valence-electron chi connectivity index (χ3n) is 2.61. The van der Waals surface area contributed by atoms with E-state index in [0.29, 0.717) is 6.04 Å². The molecule has 0 aliphatic heterocycles. The first-order valence-electron chi connectivity index (χ1n) is 5.23. The molecule has 0 bridgehead atoms. The maximum absolute atomic E-state index is 5.50. The van der Waals surface area contributed by atoms with Crippen LogP contribution in [-0.2, 0) is 6.42 Å². The topological polar surface area (TPSA) is 3.24 Å². The van der Waals surface area contributed by atoms with Gasteiger partial charge in [-0.2, -0.15) is 0 Å². The standard InChI is InChI=1S/C13H18ClN/c1-12(15(2)10-6-9-14)11-13-7-4-3-5-8-13/h3-9,12H,10-11H2,1-2H3/b9-6+/t12-/m0/s1.